The molecule has 74 valence electrons. The Morgan fingerprint density at radius 3 is 2.50 bits per heavy atom. The molecule has 5 nitrogen and oxygen atoms in total. The van der Waals surface area contributed by atoms with Gasteiger partial charge in [-0.15, -0.1) is 0 Å². The molecule has 0 aliphatic heterocycles. The summed E-state index contributed by atoms with van der Waals surface area (Å²) < 4.78 is 12.3. The van der Waals surface area contributed by atoms with Gasteiger partial charge in [-0.2, -0.15) is 9.65 Å². The van der Waals surface area contributed by atoms with Crippen molar-refractivity contribution in [3.8, 4) is 6.07 Å². The number of aliphatic hydroxyl groups is 2. The topological polar surface area (TPSA) is 90.0 Å². The molecule has 1 heterocycles. The highest BCUT2D eigenvalue weighted by molar-refractivity contribution is 5.09. The summed E-state index contributed by atoms with van der Waals surface area (Å²) in [5, 5.41) is 26.9. The summed E-state index contributed by atoms with van der Waals surface area (Å²) >= 11 is 0. The van der Waals surface area contributed by atoms with Gasteiger partial charge in [0.15, 0.2) is 0 Å². The minimum absolute atomic E-state index is 0.175. The van der Waals surface area contributed by atoms with Gasteiger partial charge in [-0.25, -0.2) is 9.97 Å². The third-order valence-corrected chi connectivity index (χ3v) is 1.65. The summed E-state index contributed by atoms with van der Waals surface area (Å²) in [6.45, 7) is 0. The highest BCUT2D eigenvalue weighted by atomic mass is 19.1. The zero-order valence-electron chi connectivity index (χ0n) is 7.13. The largest absolute Gasteiger partial charge is 0.389 e. The lowest BCUT2D eigenvalue weighted by Crippen LogP contribution is -2.18. The summed E-state index contributed by atoms with van der Waals surface area (Å²) in [6.07, 6.45) is -1.47. The van der Waals surface area contributed by atoms with Crippen molar-refractivity contribution in [1.82, 2.24) is 9.97 Å². The van der Waals surface area contributed by atoms with Crippen molar-refractivity contribution < 1.29 is 14.6 Å². The van der Waals surface area contributed by atoms with Crippen LogP contribution in [-0.2, 0) is 0 Å². The van der Waals surface area contributed by atoms with E-state index in [-0.39, 0.29) is 12.0 Å². The van der Waals surface area contributed by atoms with E-state index in [1.165, 1.54) is 0 Å². The van der Waals surface area contributed by atoms with Gasteiger partial charge in [0.2, 0.25) is 0 Å². The first-order valence-electron chi connectivity index (χ1n) is 3.85. The van der Waals surface area contributed by atoms with Gasteiger partial charge >= 0.3 is 6.08 Å². The molecule has 14 heavy (non-hydrogen) atoms. The summed E-state index contributed by atoms with van der Waals surface area (Å²) in [6, 6.07) is 1.70. The quantitative estimate of drug-likeness (QED) is 0.661. The lowest BCUT2D eigenvalue weighted by atomic mass is 10.1. The summed E-state index contributed by atoms with van der Waals surface area (Å²) in [5.74, 6) is 0. The average Bonchev–Trinajstić information content (AvgIpc) is 2.18. The van der Waals surface area contributed by atoms with Crippen LogP contribution in [0.1, 0.15) is 18.1 Å². The second kappa shape index (κ2) is 4.60. The van der Waals surface area contributed by atoms with Crippen LogP contribution in [-0.4, -0.2) is 26.3 Å². The van der Waals surface area contributed by atoms with Crippen LogP contribution in [0.15, 0.2) is 12.4 Å². The Bertz CT molecular complexity index is 335. The predicted molar refractivity (Wildman–Crippen MR) is 43.2 cm³/mol. The standard InChI is InChI=1S/C8H8FN3O2/c9-8-11-3-5(4-12-8)7(14)6(13)1-2-10/h3-4,6-7,13-14H,1H2. The van der Waals surface area contributed by atoms with Crippen molar-refractivity contribution in [2.45, 2.75) is 18.6 Å². The first-order chi connectivity index (χ1) is 6.65. The summed E-state index contributed by atoms with van der Waals surface area (Å²) in [5.41, 5.74) is 0.175. The van der Waals surface area contributed by atoms with Crippen molar-refractivity contribution >= 4 is 0 Å². The van der Waals surface area contributed by atoms with Crippen LogP contribution < -0.4 is 0 Å². The molecule has 0 saturated carbocycles. The van der Waals surface area contributed by atoms with Crippen LogP contribution in [0, 0.1) is 17.4 Å². The van der Waals surface area contributed by atoms with Crippen molar-refractivity contribution in [3.63, 3.8) is 0 Å². The molecule has 6 heteroatoms. The molecule has 0 aromatic carbocycles. The van der Waals surface area contributed by atoms with Crippen molar-refractivity contribution in [1.29, 1.82) is 5.26 Å². The second-order valence-corrected chi connectivity index (χ2v) is 2.66. The summed E-state index contributed by atoms with van der Waals surface area (Å²) in [4.78, 5) is 6.42. The van der Waals surface area contributed by atoms with Crippen LogP contribution in [0.25, 0.3) is 0 Å². The Morgan fingerprint density at radius 1 is 1.43 bits per heavy atom. The van der Waals surface area contributed by atoms with E-state index >= 15 is 0 Å². The van der Waals surface area contributed by atoms with Crippen molar-refractivity contribution in [3.05, 3.63) is 24.0 Å². The number of aromatic nitrogens is 2. The third-order valence-electron chi connectivity index (χ3n) is 1.65. The van der Waals surface area contributed by atoms with E-state index < -0.39 is 18.3 Å². The van der Waals surface area contributed by atoms with Gasteiger partial charge in [0.1, 0.15) is 6.10 Å². The maximum atomic E-state index is 12.3. The number of rotatable bonds is 3. The number of aliphatic hydroxyl groups excluding tert-OH is 2. The smallest absolute Gasteiger partial charge is 0.308 e. The molecule has 0 amide bonds. The fraction of sp³-hybridized carbons (Fsp3) is 0.375. The van der Waals surface area contributed by atoms with E-state index in [9.17, 15) is 14.6 Å². The number of hydrogen-bond donors (Lipinski definition) is 2. The van der Waals surface area contributed by atoms with Crippen LogP contribution >= 0.6 is 0 Å². The molecule has 0 spiro atoms. The van der Waals surface area contributed by atoms with Crippen molar-refractivity contribution in [2.75, 3.05) is 0 Å². The third kappa shape index (κ3) is 2.45. The van der Waals surface area contributed by atoms with Crippen LogP contribution in [0.3, 0.4) is 0 Å². The average molecular weight is 197 g/mol. The maximum absolute atomic E-state index is 12.3. The Labute approximate surface area is 79.5 Å². The van der Waals surface area contributed by atoms with Gasteiger partial charge in [-0.05, 0) is 0 Å². The summed E-state index contributed by atoms with van der Waals surface area (Å²) in [7, 11) is 0. The molecule has 0 aliphatic carbocycles. The lowest BCUT2D eigenvalue weighted by molar-refractivity contribution is 0.0211. The Hall–Kier alpha value is -1.58. The zero-order valence-corrected chi connectivity index (χ0v) is 7.13. The van der Waals surface area contributed by atoms with E-state index in [4.69, 9.17) is 5.26 Å². The van der Waals surface area contributed by atoms with Gasteiger partial charge in [0, 0.05) is 18.0 Å². The second-order valence-electron chi connectivity index (χ2n) is 2.66. The highest BCUT2D eigenvalue weighted by Gasteiger charge is 2.18. The molecule has 2 atom stereocenters. The van der Waals surface area contributed by atoms with E-state index in [1.54, 1.807) is 6.07 Å². The normalized spacial score (nSPS) is 14.4. The molecule has 2 unspecified atom stereocenters. The first-order valence-corrected chi connectivity index (χ1v) is 3.85. The molecule has 0 saturated heterocycles. The molecule has 2 N–H and O–H groups in total. The number of hydrogen-bond acceptors (Lipinski definition) is 5. The lowest BCUT2D eigenvalue weighted by Gasteiger charge is -2.14. The van der Waals surface area contributed by atoms with Gasteiger partial charge in [0.25, 0.3) is 0 Å². The van der Waals surface area contributed by atoms with Gasteiger partial charge < -0.3 is 10.2 Å². The predicted octanol–water partition coefficient (Wildman–Crippen LogP) is -0.0763. The fourth-order valence-electron chi connectivity index (χ4n) is 0.902. The van der Waals surface area contributed by atoms with E-state index in [0.717, 1.165) is 12.4 Å². The molecule has 1 aromatic heterocycles. The molecular formula is C8H8FN3O2. The van der Waals surface area contributed by atoms with E-state index in [1.807, 2.05) is 0 Å². The van der Waals surface area contributed by atoms with Crippen molar-refractivity contribution in [2.24, 2.45) is 0 Å². The van der Waals surface area contributed by atoms with Crippen LogP contribution in [0.5, 0.6) is 0 Å². The molecular weight excluding hydrogens is 189 g/mol. The number of nitrogens with zero attached hydrogens (tertiary/aromatic N) is 3. The number of halogens is 1. The Kier molecular flexibility index (Phi) is 3.45. The van der Waals surface area contributed by atoms with Gasteiger partial charge in [0.05, 0.1) is 18.6 Å². The molecule has 0 radical (unpaired) electrons. The highest BCUT2D eigenvalue weighted by Crippen LogP contribution is 2.16. The van der Waals surface area contributed by atoms with Crippen LogP contribution in [0.4, 0.5) is 4.39 Å². The fourth-order valence-corrected chi connectivity index (χ4v) is 0.902. The van der Waals surface area contributed by atoms with E-state index in [0.29, 0.717) is 0 Å². The molecule has 0 bridgehead atoms. The molecule has 1 rings (SSSR count). The Balaban J connectivity index is 2.74. The Morgan fingerprint density at radius 2 is 2.00 bits per heavy atom. The molecule has 0 fully saturated rings. The maximum Gasteiger partial charge on any atom is 0.308 e. The molecule has 0 aliphatic rings. The first kappa shape index (κ1) is 10.5. The monoisotopic (exact) mass is 197 g/mol. The molecule has 1 aromatic rings. The van der Waals surface area contributed by atoms with Gasteiger partial charge in [-0.3, -0.25) is 0 Å². The van der Waals surface area contributed by atoms with Gasteiger partial charge in [-0.1, -0.05) is 0 Å². The minimum Gasteiger partial charge on any atom is -0.389 e. The van der Waals surface area contributed by atoms with Crippen LogP contribution in [0.2, 0.25) is 0 Å². The SMILES string of the molecule is N#CCC(O)C(O)c1cnc(F)nc1. The minimum atomic E-state index is -1.27. The van der Waals surface area contributed by atoms with E-state index in [2.05, 4.69) is 9.97 Å². The number of nitriles is 1. The zero-order chi connectivity index (χ0) is 10.6.